The van der Waals surface area contributed by atoms with Crippen LogP contribution in [0.5, 0.6) is 0 Å². The Morgan fingerprint density at radius 1 is 1.41 bits per heavy atom. The van der Waals surface area contributed by atoms with Gasteiger partial charge in [0.25, 0.3) is 0 Å². The Hall–Kier alpha value is -1.64. The van der Waals surface area contributed by atoms with E-state index in [4.69, 9.17) is 5.26 Å². The molecular weight excluding hydrogens is 250 g/mol. The van der Waals surface area contributed by atoms with E-state index < -0.39 is 0 Å². The van der Waals surface area contributed by atoms with Crippen molar-refractivity contribution >= 4 is 35.3 Å². The van der Waals surface area contributed by atoms with E-state index in [0.29, 0.717) is 10.9 Å². The first-order chi connectivity index (χ1) is 8.38. The van der Waals surface area contributed by atoms with Gasteiger partial charge in [0.05, 0.1) is 17.5 Å². The Morgan fingerprint density at radius 3 is 3.12 bits per heavy atom. The molecule has 0 radical (unpaired) electrons. The van der Waals surface area contributed by atoms with E-state index in [-0.39, 0.29) is 0 Å². The molecule has 0 aliphatic heterocycles. The van der Waals surface area contributed by atoms with Gasteiger partial charge in [-0.2, -0.15) is 5.26 Å². The highest BCUT2D eigenvalue weighted by atomic mass is 32.2. The molecule has 5 heteroatoms. The van der Waals surface area contributed by atoms with Crippen LogP contribution in [0, 0.1) is 11.3 Å². The highest BCUT2D eigenvalue weighted by Gasteiger charge is 1.97. The second-order valence-electron chi connectivity index (χ2n) is 3.06. The van der Waals surface area contributed by atoms with Gasteiger partial charge in [-0.25, -0.2) is 9.97 Å². The fourth-order valence-electron chi connectivity index (χ4n) is 1.17. The monoisotopic (exact) mass is 259 g/mol. The fraction of sp³-hybridized carbons (Fsp3) is 0.0833. The molecule has 2 aromatic rings. The van der Waals surface area contributed by atoms with Crippen LogP contribution in [0.25, 0.3) is 12.2 Å². The largest absolute Gasteiger partial charge is 0.231 e. The zero-order valence-corrected chi connectivity index (χ0v) is 10.5. The molecule has 17 heavy (non-hydrogen) atoms. The smallest absolute Gasteiger partial charge is 0.189 e. The minimum Gasteiger partial charge on any atom is -0.231 e. The Labute approximate surface area is 108 Å². The molecule has 0 N–H and O–H groups in total. The highest BCUT2D eigenvalue weighted by molar-refractivity contribution is 7.99. The molecule has 2 rings (SSSR count). The summed E-state index contributed by atoms with van der Waals surface area (Å²) in [5.74, 6) is 0.373. The number of nitrogens with zero attached hydrogens (tertiary/aromatic N) is 3. The van der Waals surface area contributed by atoms with E-state index in [1.807, 2.05) is 35.7 Å². The number of aromatic nitrogens is 2. The molecule has 0 aromatic carbocycles. The summed E-state index contributed by atoms with van der Waals surface area (Å²) in [4.78, 5) is 9.61. The van der Waals surface area contributed by atoms with Crippen molar-refractivity contribution in [3.05, 3.63) is 40.3 Å². The Kier molecular flexibility index (Phi) is 4.30. The molecule has 0 amide bonds. The van der Waals surface area contributed by atoms with E-state index in [9.17, 15) is 0 Å². The van der Waals surface area contributed by atoms with Gasteiger partial charge in [-0.05, 0) is 29.7 Å². The molecule has 0 spiro atoms. The van der Waals surface area contributed by atoms with Crippen molar-refractivity contribution in [3.63, 3.8) is 0 Å². The number of nitriles is 1. The lowest BCUT2D eigenvalue weighted by Gasteiger charge is -1.96. The van der Waals surface area contributed by atoms with Gasteiger partial charge in [-0.3, -0.25) is 0 Å². The maximum absolute atomic E-state index is 8.49. The van der Waals surface area contributed by atoms with Crippen LogP contribution in [-0.2, 0) is 0 Å². The highest BCUT2D eigenvalue weighted by Crippen LogP contribution is 2.15. The van der Waals surface area contributed by atoms with Crippen LogP contribution < -0.4 is 0 Å². The number of rotatable bonds is 4. The first kappa shape index (κ1) is 11.8. The van der Waals surface area contributed by atoms with Gasteiger partial charge in [0, 0.05) is 11.1 Å². The third-order valence-corrected chi connectivity index (χ3v) is 3.45. The molecule has 0 bridgehead atoms. The zero-order valence-electron chi connectivity index (χ0n) is 8.91. The van der Waals surface area contributed by atoms with Crippen LogP contribution >= 0.6 is 23.1 Å². The molecule has 0 saturated carbocycles. The summed E-state index contributed by atoms with van der Waals surface area (Å²) < 4.78 is 0. The predicted octanol–water partition coefficient (Wildman–Crippen LogP) is 3.32. The van der Waals surface area contributed by atoms with Gasteiger partial charge in [0.15, 0.2) is 5.16 Å². The lowest BCUT2D eigenvalue weighted by molar-refractivity contribution is 0.960. The van der Waals surface area contributed by atoms with Gasteiger partial charge in [-0.15, -0.1) is 11.3 Å². The van der Waals surface area contributed by atoms with Crippen molar-refractivity contribution in [3.8, 4) is 6.07 Å². The zero-order chi connectivity index (χ0) is 11.9. The standard InChI is InChI=1S/C12H9N3S2/c13-6-9-17-12-14-7-5-10(15-12)3-4-11-2-1-8-16-11/h1-5,7-8H,9H2. The Balaban J connectivity index is 2.09. The summed E-state index contributed by atoms with van der Waals surface area (Å²) in [7, 11) is 0. The summed E-state index contributed by atoms with van der Waals surface area (Å²) >= 11 is 3.03. The quantitative estimate of drug-likeness (QED) is 0.624. The molecule has 2 aromatic heterocycles. The van der Waals surface area contributed by atoms with Gasteiger partial charge < -0.3 is 0 Å². The number of hydrogen-bond acceptors (Lipinski definition) is 5. The predicted molar refractivity (Wildman–Crippen MR) is 71.6 cm³/mol. The molecule has 0 fully saturated rings. The van der Waals surface area contributed by atoms with Gasteiger partial charge in [0.2, 0.25) is 0 Å². The second-order valence-corrected chi connectivity index (χ2v) is 4.98. The van der Waals surface area contributed by atoms with Crippen LogP contribution in [0.2, 0.25) is 0 Å². The Morgan fingerprint density at radius 2 is 2.35 bits per heavy atom. The lowest BCUT2D eigenvalue weighted by atomic mass is 10.3. The summed E-state index contributed by atoms with van der Waals surface area (Å²) in [5, 5.41) is 11.2. The van der Waals surface area contributed by atoms with Crippen molar-refractivity contribution in [2.45, 2.75) is 5.16 Å². The van der Waals surface area contributed by atoms with Crippen molar-refractivity contribution in [2.24, 2.45) is 0 Å². The molecule has 84 valence electrons. The van der Waals surface area contributed by atoms with Crippen molar-refractivity contribution < 1.29 is 0 Å². The minimum absolute atomic E-state index is 0.373. The third-order valence-electron chi connectivity index (χ3n) is 1.88. The molecule has 0 aliphatic carbocycles. The summed E-state index contributed by atoms with van der Waals surface area (Å²) in [6.45, 7) is 0. The summed E-state index contributed by atoms with van der Waals surface area (Å²) in [6, 6.07) is 7.97. The number of hydrogen-bond donors (Lipinski definition) is 0. The van der Waals surface area contributed by atoms with Crippen molar-refractivity contribution in [1.29, 1.82) is 5.26 Å². The SMILES string of the molecule is N#CCSc1nccc(C=Cc2cccs2)n1. The molecule has 3 nitrogen and oxygen atoms in total. The first-order valence-electron chi connectivity index (χ1n) is 4.93. The maximum Gasteiger partial charge on any atom is 0.189 e. The van der Waals surface area contributed by atoms with Gasteiger partial charge in [0.1, 0.15) is 0 Å². The number of thiophene rings is 1. The van der Waals surface area contributed by atoms with Crippen LogP contribution in [0.3, 0.4) is 0 Å². The normalized spacial score (nSPS) is 10.5. The topological polar surface area (TPSA) is 49.6 Å². The van der Waals surface area contributed by atoms with E-state index in [1.54, 1.807) is 17.5 Å². The average Bonchev–Trinajstić information content (AvgIpc) is 2.87. The third kappa shape index (κ3) is 3.70. The first-order valence-corrected chi connectivity index (χ1v) is 6.79. The van der Waals surface area contributed by atoms with Crippen LogP contribution in [0.15, 0.2) is 34.9 Å². The molecular formula is C12H9N3S2. The van der Waals surface area contributed by atoms with Crippen molar-refractivity contribution in [2.75, 3.05) is 5.75 Å². The molecule has 0 unspecified atom stereocenters. The van der Waals surface area contributed by atoms with Gasteiger partial charge in [-0.1, -0.05) is 17.8 Å². The average molecular weight is 259 g/mol. The minimum atomic E-state index is 0.373. The van der Waals surface area contributed by atoms with Crippen LogP contribution in [-0.4, -0.2) is 15.7 Å². The van der Waals surface area contributed by atoms with Crippen molar-refractivity contribution in [1.82, 2.24) is 9.97 Å². The van der Waals surface area contributed by atoms with E-state index in [0.717, 1.165) is 5.69 Å². The molecule has 2 heterocycles. The van der Waals surface area contributed by atoms with E-state index >= 15 is 0 Å². The lowest BCUT2D eigenvalue weighted by Crippen LogP contribution is -1.88. The molecule has 0 atom stereocenters. The molecule has 0 saturated heterocycles. The Bertz CT molecular complexity index is 541. The summed E-state index contributed by atoms with van der Waals surface area (Å²) in [5.41, 5.74) is 0.855. The maximum atomic E-state index is 8.49. The summed E-state index contributed by atoms with van der Waals surface area (Å²) in [6.07, 6.45) is 5.68. The number of thioether (sulfide) groups is 1. The van der Waals surface area contributed by atoms with E-state index in [2.05, 4.69) is 16.0 Å². The van der Waals surface area contributed by atoms with E-state index in [1.165, 1.54) is 16.6 Å². The van der Waals surface area contributed by atoms with Gasteiger partial charge >= 0.3 is 0 Å². The second kappa shape index (κ2) is 6.18. The van der Waals surface area contributed by atoms with Crippen LogP contribution in [0.1, 0.15) is 10.6 Å². The molecule has 0 aliphatic rings. The fourth-order valence-corrected chi connectivity index (χ4v) is 2.28. The van der Waals surface area contributed by atoms with Crippen LogP contribution in [0.4, 0.5) is 0 Å².